The fourth-order valence-corrected chi connectivity index (χ4v) is 2.31. The van der Waals surface area contributed by atoms with Crippen LogP contribution in [0, 0.1) is 0 Å². The minimum absolute atomic E-state index is 0. The number of hydrogen-bond donors (Lipinski definition) is 0. The van der Waals surface area contributed by atoms with E-state index in [-0.39, 0.29) is 7.40 Å². The van der Waals surface area contributed by atoms with Crippen molar-refractivity contribution in [2.45, 2.75) is 17.3 Å². The van der Waals surface area contributed by atoms with Crippen LogP contribution in [0.15, 0.2) is 54.6 Å². The zero-order chi connectivity index (χ0) is 13.7. The summed E-state index contributed by atoms with van der Waals surface area (Å²) in [5, 5.41) is 0. The third-order valence-electron chi connectivity index (χ3n) is 2.94. The van der Waals surface area contributed by atoms with E-state index < -0.39 is 0 Å². The predicted octanol–water partition coefficient (Wildman–Crippen LogP) is 3.44. The molecule has 0 N–H and O–H groups in total. The van der Waals surface area contributed by atoms with Crippen molar-refractivity contribution in [2.24, 2.45) is 0 Å². The Kier molecular flexibility index (Phi) is 5.01. The van der Waals surface area contributed by atoms with Gasteiger partial charge in [-0.2, -0.15) is 0 Å². The van der Waals surface area contributed by atoms with E-state index in [1.807, 2.05) is 64.8 Å². The minimum atomic E-state index is -0.315. The Balaban J connectivity index is 0.00000200. The Morgan fingerprint density at radius 1 is 1.16 bits per heavy atom. The summed E-state index contributed by atoms with van der Waals surface area (Å²) in [5.74, 6) is 0.791. The molecule has 0 amide bonds. The Labute approximate surface area is 128 Å². The van der Waals surface area contributed by atoms with Gasteiger partial charge in [-0.25, -0.2) is 0 Å². The average Bonchev–Trinajstić information content (AvgIpc) is 2.47. The molecule has 0 aliphatic heterocycles. The molecule has 0 spiro atoms. The molecule has 3 heteroatoms. The van der Waals surface area contributed by atoms with E-state index in [9.17, 15) is 4.79 Å². The van der Waals surface area contributed by atoms with Crippen LogP contribution in [-0.2, 0) is 0 Å². The van der Waals surface area contributed by atoms with Crippen LogP contribution in [-0.4, -0.2) is 28.3 Å². The summed E-state index contributed by atoms with van der Waals surface area (Å²) in [6.45, 7) is 2.19. The number of para-hydroxylation sites is 1. The van der Waals surface area contributed by atoms with Gasteiger partial charge in [0.15, 0.2) is 0 Å². The topological polar surface area (TPSA) is 26.3 Å². The van der Waals surface area contributed by atoms with E-state index in [2.05, 4.69) is 6.92 Å². The van der Waals surface area contributed by atoms with Crippen molar-refractivity contribution in [3.8, 4) is 5.75 Å². The second kappa shape index (κ2) is 6.75. The molecule has 2 nitrogen and oxygen atoms in total. The molecule has 0 saturated heterocycles. The molecular weight excluding hydrogens is 352 g/mol. The van der Waals surface area contributed by atoms with Gasteiger partial charge in [-0.1, -0.05) is 0 Å². The number of rotatable bonds is 4. The Morgan fingerprint density at radius 2 is 1.79 bits per heavy atom. The normalized spacial score (nSPS) is 11.9. The molecule has 0 aliphatic carbocycles. The third kappa shape index (κ3) is 3.83. The molecule has 0 saturated carbocycles. The first-order chi connectivity index (χ1) is 9.20. The van der Waals surface area contributed by atoms with Crippen molar-refractivity contribution in [1.82, 2.24) is 0 Å². The molecule has 2 aromatic carbocycles. The van der Waals surface area contributed by atoms with Gasteiger partial charge in [-0.3, -0.25) is 0 Å². The maximum atomic E-state index is 11.9. The van der Waals surface area contributed by atoms with Crippen molar-refractivity contribution in [1.29, 1.82) is 0 Å². The molecule has 2 rings (SSSR count). The Hall–Kier alpha value is -1.30. The van der Waals surface area contributed by atoms with E-state index in [1.54, 1.807) is 12.1 Å². The second-order valence-corrected chi connectivity index (χ2v) is 5.45. The summed E-state index contributed by atoms with van der Waals surface area (Å²) in [6.07, 6.45) is 0. The van der Waals surface area contributed by atoms with E-state index in [0.29, 0.717) is 17.2 Å². The first kappa shape index (κ1) is 14.1. The molecule has 98 valence electrons. The fraction of sp³-hybridized carbons (Fsp3) is 0.188. The van der Waals surface area contributed by atoms with Crippen LogP contribution in [0.25, 0.3) is 0 Å². The summed E-state index contributed by atoms with van der Waals surface area (Å²) in [7, 11) is 0. The van der Waals surface area contributed by atoms with E-state index in [1.165, 1.54) is 5.56 Å². The summed E-state index contributed by atoms with van der Waals surface area (Å²) in [6, 6.07) is 16.8. The number of carbonyl (C=O) groups is 1. The molecular formula is C16H17O2Te+. The van der Waals surface area contributed by atoms with Gasteiger partial charge >= 0.3 is 128 Å². The zero-order valence-corrected chi connectivity index (χ0v) is 13.3. The van der Waals surface area contributed by atoms with Gasteiger partial charge in [0.05, 0.1) is 0 Å². The summed E-state index contributed by atoms with van der Waals surface area (Å²) in [4.78, 5) is 11.9. The van der Waals surface area contributed by atoms with Crippen molar-refractivity contribution in [3.05, 3.63) is 65.7 Å². The van der Waals surface area contributed by atoms with Crippen LogP contribution in [0.2, 0.25) is 4.47 Å². The fourth-order valence-electron chi connectivity index (χ4n) is 1.71. The van der Waals surface area contributed by atoms with Gasteiger partial charge in [0.1, 0.15) is 0 Å². The number of ether oxygens (including phenoxy) is 1. The van der Waals surface area contributed by atoms with Gasteiger partial charge in [-0.05, 0) is 0 Å². The molecule has 0 heterocycles. The van der Waals surface area contributed by atoms with Crippen LogP contribution in [0.1, 0.15) is 30.2 Å². The molecule has 1 unspecified atom stereocenters. The molecule has 2 aromatic rings. The van der Waals surface area contributed by atoms with Crippen LogP contribution in [0.5, 0.6) is 5.75 Å². The number of hydrogen-bond acceptors (Lipinski definition) is 2. The van der Waals surface area contributed by atoms with Crippen LogP contribution < -0.4 is 4.74 Å². The SMILES string of the molecule is CC(C[TeH])c1ccc(C(=O)Oc2ccccc2)cc1.[H+]. The quantitative estimate of drug-likeness (QED) is 0.469. The summed E-state index contributed by atoms with van der Waals surface area (Å²) < 4.78 is 6.43. The summed E-state index contributed by atoms with van der Waals surface area (Å²) >= 11 is 1.81. The first-order valence-corrected chi connectivity index (χ1v) is 7.99. The molecule has 0 radical (unpaired) electrons. The van der Waals surface area contributed by atoms with Gasteiger partial charge in [0.25, 0.3) is 0 Å². The maximum absolute atomic E-state index is 11.9. The van der Waals surface area contributed by atoms with Gasteiger partial charge in [-0.15, -0.1) is 0 Å². The molecule has 0 aromatic heterocycles. The number of esters is 1. The molecule has 1 atom stereocenters. The standard InChI is InChI=1S/C16H16O2Te/c1-12(11-19)13-7-9-14(10-8-13)16(17)18-15-5-3-2-4-6-15/h2-10,12,19H,11H2,1H3/p+1. The Bertz CT molecular complexity index is 540. The second-order valence-electron chi connectivity index (χ2n) is 4.41. The third-order valence-corrected chi connectivity index (χ3v) is 4.51. The van der Waals surface area contributed by atoms with Crippen molar-refractivity contribution < 1.29 is 11.0 Å². The predicted molar refractivity (Wildman–Crippen MR) is 79.3 cm³/mol. The average molecular weight is 369 g/mol. The number of benzene rings is 2. The van der Waals surface area contributed by atoms with E-state index in [4.69, 9.17) is 4.74 Å². The largest absolute Gasteiger partial charge is 1.00 e. The maximum Gasteiger partial charge on any atom is 1.00 e. The van der Waals surface area contributed by atoms with Crippen molar-refractivity contribution in [3.63, 3.8) is 0 Å². The molecule has 19 heavy (non-hydrogen) atoms. The summed E-state index contributed by atoms with van der Waals surface area (Å²) in [5.41, 5.74) is 1.84. The minimum Gasteiger partial charge on any atom is 1.00 e. The van der Waals surface area contributed by atoms with Crippen LogP contribution in [0.4, 0.5) is 0 Å². The smallest absolute Gasteiger partial charge is 1.00 e. The van der Waals surface area contributed by atoms with E-state index >= 15 is 0 Å². The van der Waals surface area contributed by atoms with Gasteiger partial charge in [0.2, 0.25) is 0 Å². The first-order valence-electron chi connectivity index (χ1n) is 6.18. The van der Waals surface area contributed by atoms with Crippen LogP contribution >= 0.6 is 0 Å². The van der Waals surface area contributed by atoms with Crippen LogP contribution in [0.3, 0.4) is 0 Å². The monoisotopic (exact) mass is 371 g/mol. The molecule has 0 aliphatic rings. The Morgan fingerprint density at radius 3 is 2.37 bits per heavy atom. The van der Waals surface area contributed by atoms with Gasteiger partial charge in [0, 0.05) is 0 Å². The van der Waals surface area contributed by atoms with Crippen molar-refractivity contribution in [2.75, 3.05) is 0 Å². The molecule has 0 fully saturated rings. The van der Waals surface area contributed by atoms with Crippen molar-refractivity contribution >= 4 is 28.3 Å². The number of carbonyl (C=O) groups excluding carboxylic acids is 1. The van der Waals surface area contributed by atoms with E-state index in [0.717, 1.165) is 4.47 Å². The zero-order valence-electron chi connectivity index (χ0n) is 11.7. The molecule has 0 bridgehead atoms. The van der Waals surface area contributed by atoms with Gasteiger partial charge < -0.3 is 0 Å².